The average Bonchev–Trinajstić information content (AvgIpc) is 2.77. The van der Waals surface area contributed by atoms with Crippen molar-refractivity contribution in [2.45, 2.75) is 58.0 Å². The van der Waals surface area contributed by atoms with E-state index in [9.17, 15) is 9.90 Å². The van der Waals surface area contributed by atoms with Crippen LogP contribution in [0.5, 0.6) is 0 Å². The number of nitrogens with zero attached hydrogens (tertiary/aromatic N) is 2. The monoisotopic (exact) mass is 265 g/mol. The van der Waals surface area contributed by atoms with Crippen LogP contribution in [0.25, 0.3) is 0 Å². The Kier molecular flexibility index (Phi) is 3.94. The van der Waals surface area contributed by atoms with Crippen LogP contribution in [0.1, 0.15) is 51.4 Å². The van der Waals surface area contributed by atoms with Gasteiger partial charge in [0.15, 0.2) is 0 Å². The number of likely N-dealkylation sites (tertiary alicyclic amines) is 1. The quantitative estimate of drug-likeness (QED) is 0.878. The van der Waals surface area contributed by atoms with Gasteiger partial charge in [0, 0.05) is 17.7 Å². The van der Waals surface area contributed by atoms with Crippen molar-refractivity contribution in [3.63, 3.8) is 0 Å². The molecule has 2 N–H and O–H groups in total. The third-order valence-corrected chi connectivity index (χ3v) is 3.67. The van der Waals surface area contributed by atoms with Gasteiger partial charge in [0.05, 0.1) is 5.69 Å². The maximum Gasteiger partial charge on any atom is 0.320 e. The van der Waals surface area contributed by atoms with E-state index in [-0.39, 0.29) is 11.5 Å². The smallest absolute Gasteiger partial charge is 0.320 e. The molecule has 106 valence electrons. The molecule has 1 fully saturated rings. The predicted molar refractivity (Wildman–Crippen MR) is 73.0 cm³/mol. The number of aromatic nitrogens is 2. The number of hydrogen-bond acceptors (Lipinski definition) is 3. The lowest BCUT2D eigenvalue weighted by Gasteiger charge is -2.32. The van der Waals surface area contributed by atoms with Crippen molar-refractivity contribution in [1.82, 2.24) is 15.1 Å². The standard InChI is InChI=1S/C14H23N3O2/c1-14(2,3)12-8-10(15-16-12)9-17-7-5-4-6-11(17)13(18)19/h8,11H,4-7,9H2,1-3H3,(H,15,16)(H,18,19)/t11-/m1/s1. The molecule has 0 unspecified atom stereocenters. The zero-order chi connectivity index (χ0) is 14.0. The second-order valence-electron chi connectivity index (χ2n) is 6.35. The van der Waals surface area contributed by atoms with Crippen molar-refractivity contribution in [3.8, 4) is 0 Å². The molecule has 2 heterocycles. The Labute approximate surface area is 114 Å². The maximum absolute atomic E-state index is 11.3. The molecule has 0 aromatic carbocycles. The summed E-state index contributed by atoms with van der Waals surface area (Å²) in [6, 6.07) is 1.70. The van der Waals surface area contributed by atoms with Gasteiger partial charge in [-0.05, 0) is 25.5 Å². The maximum atomic E-state index is 11.3. The minimum absolute atomic E-state index is 0.0167. The molecule has 0 saturated carbocycles. The summed E-state index contributed by atoms with van der Waals surface area (Å²) in [6.45, 7) is 7.84. The summed E-state index contributed by atoms with van der Waals surface area (Å²) in [6.07, 6.45) is 2.82. The highest BCUT2D eigenvalue weighted by molar-refractivity contribution is 5.73. The molecule has 1 aromatic rings. The molecule has 5 heteroatoms. The molecule has 5 nitrogen and oxygen atoms in total. The molecule has 19 heavy (non-hydrogen) atoms. The molecule has 0 amide bonds. The van der Waals surface area contributed by atoms with Crippen molar-refractivity contribution < 1.29 is 9.90 Å². The summed E-state index contributed by atoms with van der Waals surface area (Å²) >= 11 is 0. The van der Waals surface area contributed by atoms with Crippen LogP contribution in [0, 0.1) is 0 Å². The Morgan fingerprint density at radius 1 is 1.53 bits per heavy atom. The summed E-state index contributed by atoms with van der Waals surface area (Å²) in [5.74, 6) is -0.713. The van der Waals surface area contributed by atoms with Crippen LogP contribution < -0.4 is 0 Å². The SMILES string of the molecule is CC(C)(C)c1cc(CN2CCCC[C@@H]2C(=O)O)[nH]n1. The molecule has 1 saturated heterocycles. The van der Waals surface area contributed by atoms with Gasteiger partial charge in [-0.1, -0.05) is 27.2 Å². The van der Waals surface area contributed by atoms with Crippen molar-refractivity contribution in [2.24, 2.45) is 0 Å². The average molecular weight is 265 g/mol. The van der Waals surface area contributed by atoms with E-state index in [1.807, 2.05) is 11.0 Å². The summed E-state index contributed by atoms with van der Waals surface area (Å²) in [5, 5.41) is 16.6. The second-order valence-corrected chi connectivity index (χ2v) is 6.35. The number of carboxylic acid groups (broad SMARTS) is 1. The fourth-order valence-corrected chi connectivity index (χ4v) is 2.51. The Hall–Kier alpha value is -1.36. The summed E-state index contributed by atoms with van der Waals surface area (Å²) in [5.41, 5.74) is 2.03. The van der Waals surface area contributed by atoms with Crippen molar-refractivity contribution in [2.75, 3.05) is 6.54 Å². The summed E-state index contributed by atoms with van der Waals surface area (Å²) in [4.78, 5) is 13.3. The molecule has 0 aliphatic carbocycles. The Morgan fingerprint density at radius 3 is 2.84 bits per heavy atom. The van der Waals surface area contributed by atoms with E-state index >= 15 is 0 Å². The van der Waals surface area contributed by atoms with Gasteiger partial charge in [0.2, 0.25) is 0 Å². The first kappa shape index (κ1) is 14.1. The van der Waals surface area contributed by atoms with Crippen LogP contribution in [-0.4, -0.2) is 38.8 Å². The highest BCUT2D eigenvalue weighted by atomic mass is 16.4. The van der Waals surface area contributed by atoms with Crippen LogP contribution in [-0.2, 0) is 16.8 Å². The topological polar surface area (TPSA) is 69.2 Å². The number of carboxylic acids is 1. The fraction of sp³-hybridized carbons (Fsp3) is 0.714. The molecule has 2 rings (SSSR count). The molecule has 1 aromatic heterocycles. The molecule has 1 aliphatic rings. The van der Waals surface area contributed by atoms with Crippen LogP contribution >= 0.6 is 0 Å². The van der Waals surface area contributed by atoms with Crippen molar-refractivity contribution >= 4 is 5.97 Å². The Bertz CT molecular complexity index is 448. The van der Waals surface area contributed by atoms with Crippen LogP contribution in [0.2, 0.25) is 0 Å². The number of rotatable bonds is 3. The lowest BCUT2D eigenvalue weighted by molar-refractivity contribution is -0.144. The molecule has 0 spiro atoms. The lowest BCUT2D eigenvalue weighted by atomic mass is 9.92. The number of carbonyl (C=O) groups is 1. The molecule has 0 bridgehead atoms. The van der Waals surface area contributed by atoms with E-state index in [1.54, 1.807) is 0 Å². The van der Waals surface area contributed by atoms with Crippen LogP contribution in [0.3, 0.4) is 0 Å². The number of nitrogens with one attached hydrogen (secondary N) is 1. The molecular formula is C14H23N3O2. The molecule has 0 radical (unpaired) electrons. The first-order chi connectivity index (χ1) is 8.88. The van der Waals surface area contributed by atoms with Gasteiger partial charge in [-0.15, -0.1) is 0 Å². The summed E-state index contributed by atoms with van der Waals surface area (Å²) < 4.78 is 0. The third kappa shape index (κ3) is 3.35. The Balaban J connectivity index is 2.07. The van der Waals surface area contributed by atoms with Gasteiger partial charge in [0.1, 0.15) is 6.04 Å². The minimum Gasteiger partial charge on any atom is -0.480 e. The van der Waals surface area contributed by atoms with Gasteiger partial charge >= 0.3 is 5.97 Å². The van der Waals surface area contributed by atoms with Crippen LogP contribution in [0.4, 0.5) is 0 Å². The largest absolute Gasteiger partial charge is 0.480 e. The van der Waals surface area contributed by atoms with E-state index in [4.69, 9.17) is 0 Å². The van der Waals surface area contributed by atoms with E-state index in [1.165, 1.54) is 0 Å². The molecule has 1 atom stereocenters. The number of aliphatic carboxylic acids is 1. The van der Waals surface area contributed by atoms with E-state index < -0.39 is 5.97 Å². The van der Waals surface area contributed by atoms with Gasteiger partial charge < -0.3 is 5.11 Å². The second kappa shape index (κ2) is 5.33. The van der Waals surface area contributed by atoms with E-state index in [0.29, 0.717) is 6.54 Å². The molecule has 1 aliphatic heterocycles. The number of aromatic amines is 1. The van der Waals surface area contributed by atoms with E-state index in [0.717, 1.165) is 37.2 Å². The van der Waals surface area contributed by atoms with Gasteiger partial charge in [-0.3, -0.25) is 14.8 Å². The zero-order valence-corrected chi connectivity index (χ0v) is 11.9. The number of hydrogen-bond donors (Lipinski definition) is 2. The number of H-pyrrole nitrogens is 1. The highest BCUT2D eigenvalue weighted by Gasteiger charge is 2.29. The fourth-order valence-electron chi connectivity index (χ4n) is 2.51. The van der Waals surface area contributed by atoms with Gasteiger partial charge in [0.25, 0.3) is 0 Å². The van der Waals surface area contributed by atoms with E-state index in [2.05, 4.69) is 31.0 Å². The minimum atomic E-state index is -0.713. The van der Waals surface area contributed by atoms with Gasteiger partial charge in [-0.25, -0.2) is 0 Å². The van der Waals surface area contributed by atoms with Crippen molar-refractivity contribution in [1.29, 1.82) is 0 Å². The third-order valence-electron chi connectivity index (χ3n) is 3.67. The lowest BCUT2D eigenvalue weighted by Crippen LogP contribution is -2.44. The predicted octanol–water partition coefficient (Wildman–Crippen LogP) is 2.15. The normalized spacial score (nSPS) is 21.5. The number of piperidine rings is 1. The first-order valence-electron chi connectivity index (χ1n) is 6.89. The van der Waals surface area contributed by atoms with Gasteiger partial charge in [-0.2, -0.15) is 5.10 Å². The van der Waals surface area contributed by atoms with Crippen LogP contribution in [0.15, 0.2) is 6.07 Å². The Morgan fingerprint density at radius 2 is 2.26 bits per heavy atom. The summed E-state index contributed by atoms with van der Waals surface area (Å²) in [7, 11) is 0. The zero-order valence-electron chi connectivity index (χ0n) is 11.9. The van der Waals surface area contributed by atoms with Crippen molar-refractivity contribution in [3.05, 3.63) is 17.5 Å². The molecular weight excluding hydrogens is 242 g/mol. The first-order valence-corrected chi connectivity index (χ1v) is 6.89. The highest BCUT2D eigenvalue weighted by Crippen LogP contribution is 2.23.